The van der Waals surface area contributed by atoms with Crippen LogP contribution in [0.1, 0.15) is 35.2 Å². The molecule has 2 rings (SSSR count). The van der Waals surface area contributed by atoms with E-state index in [-0.39, 0.29) is 17.8 Å². The number of carbonyl (C=O) groups is 3. The van der Waals surface area contributed by atoms with Crippen LogP contribution in [0.3, 0.4) is 0 Å². The van der Waals surface area contributed by atoms with Gasteiger partial charge in [-0.05, 0) is 38.3 Å². The van der Waals surface area contributed by atoms with Crippen molar-refractivity contribution in [1.29, 1.82) is 0 Å². The second kappa shape index (κ2) is 6.65. The number of nitrogens with one attached hydrogen (secondary N) is 2. The first-order chi connectivity index (χ1) is 11.2. The van der Waals surface area contributed by atoms with Gasteiger partial charge in [-0.25, -0.2) is 4.79 Å². The molecule has 0 radical (unpaired) electrons. The van der Waals surface area contributed by atoms with Gasteiger partial charge in [0.15, 0.2) is 0 Å². The third kappa shape index (κ3) is 3.50. The maximum absolute atomic E-state index is 12.0. The van der Waals surface area contributed by atoms with Crippen molar-refractivity contribution in [1.82, 2.24) is 10.6 Å². The topological polar surface area (TPSA) is 139 Å². The Bertz CT molecular complexity index is 711. The molecule has 0 atom stereocenters. The number of nitro benzene ring substituents is 1. The zero-order valence-corrected chi connectivity index (χ0v) is 13.0. The number of hydrogen-bond donors (Lipinski definition) is 3. The second-order valence-electron chi connectivity index (χ2n) is 5.73. The summed E-state index contributed by atoms with van der Waals surface area (Å²) in [5.41, 5.74) is -0.817. The molecule has 1 fully saturated rings. The molecular formula is C15H17N3O6. The zero-order chi connectivity index (χ0) is 17.9. The van der Waals surface area contributed by atoms with Crippen molar-refractivity contribution in [2.45, 2.75) is 31.7 Å². The number of hydrogen-bond acceptors (Lipinski definition) is 5. The van der Waals surface area contributed by atoms with Gasteiger partial charge in [0, 0.05) is 17.2 Å². The van der Waals surface area contributed by atoms with Gasteiger partial charge in [0.2, 0.25) is 5.91 Å². The first-order valence-corrected chi connectivity index (χ1v) is 7.33. The Kier molecular flexibility index (Phi) is 4.82. The number of carboxylic acids is 1. The van der Waals surface area contributed by atoms with Crippen molar-refractivity contribution >= 4 is 23.5 Å². The summed E-state index contributed by atoms with van der Waals surface area (Å²) in [4.78, 5) is 45.2. The van der Waals surface area contributed by atoms with E-state index in [2.05, 4.69) is 10.6 Å². The van der Waals surface area contributed by atoms with E-state index in [0.717, 1.165) is 6.42 Å². The molecule has 1 aliphatic carbocycles. The van der Waals surface area contributed by atoms with Crippen molar-refractivity contribution in [3.8, 4) is 0 Å². The van der Waals surface area contributed by atoms with Crippen LogP contribution in [0.15, 0.2) is 18.2 Å². The molecule has 0 unspecified atom stereocenters. The molecule has 9 nitrogen and oxygen atoms in total. The Labute approximate surface area is 137 Å². The molecular weight excluding hydrogens is 318 g/mol. The molecule has 0 aromatic heterocycles. The molecule has 24 heavy (non-hydrogen) atoms. The van der Waals surface area contributed by atoms with Crippen LogP contribution in [0, 0.1) is 17.0 Å². The van der Waals surface area contributed by atoms with Gasteiger partial charge in [0.1, 0.15) is 5.54 Å². The molecule has 9 heteroatoms. The van der Waals surface area contributed by atoms with E-state index in [1.54, 1.807) is 0 Å². The lowest BCUT2D eigenvalue weighted by Gasteiger charge is -2.38. The predicted octanol–water partition coefficient (Wildman–Crippen LogP) is 0.757. The van der Waals surface area contributed by atoms with Gasteiger partial charge in [-0.2, -0.15) is 0 Å². The molecule has 1 aliphatic rings. The number of rotatable bonds is 6. The predicted molar refractivity (Wildman–Crippen MR) is 82.5 cm³/mol. The van der Waals surface area contributed by atoms with Crippen LogP contribution in [0.25, 0.3) is 0 Å². The van der Waals surface area contributed by atoms with Gasteiger partial charge in [-0.3, -0.25) is 19.7 Å². The average Bonchev–Trinajstić information content (AvgIpc) is 2.47. The fourth-order valence-electron chi connectivity index (χ4n) is 2.50. The van der Waals surface area contributed by atoms with Gasteiger partial charge in [-0.15, -0.1) is 0 Å². The summed E-state index contributed by atoms with van der Waals surface area (Å²) >= 11 is 0. The van der Waals surface area contributed by atoms with Crippen LogP contribution in [-0.4, -0.2) is 39.9 Å². The fourth-order valence-corrected chi connectivity index (χ4v) is 2.50. The third-order valence-electron chi connectivity index (χ3n) is 4.06. The fraction of sp³-hybridized carbons (Fsp3) is 0.400. The van der Waals surface area contributed by atoms with Crippen molar-refractivity contribution in [3.63, 3.8) is 0 Å². The highest BCUT2D eigenvalue weighted by atomic mass is 16.6. The monoisotopic (exact) mass is 335 g/mol. The quantitative estimate of drug-likeness (QED) is 0.518. The zero-order valence-electron chi connectivity index (χ0n) is 13.0. The molecule has 0 bridgehead atoms. The standard InChI is InChI=1S/C15H17N3O6/c1-9-7-10(3-4-11(9)18(23)24)13(20)16-8-12(19)17-15(14(21)22)5-2-6-15/h3-4,7H,2,5-6,8H2,1H3,(H,16,20)(H,17,19)(H,21,22). The van der Waals surface area contributed by atoms with E-state index in [0.29, 0.717) is 18.4 Å². The highest BCUT2D eigenvalue weighted by Crippen LogP contribution is 2.31. The number of nitrogens with zero attached hydrogens (tertiary/aromatic N) is 1. The van der Waals surface area contributed by atoms with E-state index in [4.69, 9.17) is 5.11 Å². The number of carboxylic acid groups (broad SMARTS) is 1. The maximum atomic E-state index is 12.0. The number of amides is 2. The largest absolute Gasteiger partial charge is 0.480 e. The van der Waals surface area contributed by atoms with Crippen molar-refractivity contribution in [2.75, 3.05) is 6.54 Å². The summed E-state index contributed by atoms with van der Waals surface area (Å²) in [6.07, 6.45) is 1.45. The third-order valence-corrected chi connectivity index (χ3v) is 4.06. The minimum Gasteiger partial charge on any atom is -0.480 e. The van der Waals surface area contributed by atoms with Crippen LogP contribution < -0.4 is 10.6 Å². The lowest BCUT2D eigenvalue weighted by Crippen LogP contribution is -2.60. The van der Waals surface area contributed by atoms with Gasteiger partial charge in [0.25, 0.3) is 11.6 Å². The number of nitro groups is 1. The summed E-state index contributed by atoms with van der Waals surface area (Å²) in [6.45, 7) is 1.14. The smallest absolute Gasteiger partial charge is 0.329 e. The number of carbonyl (C=O) groups excluding carboxylic acids is 2. The lowest BCUT2D eigenvalue weighted by atomic mass is 9.77. The molecule has 0 spiro atoms. The molecule has 0 aliphatic heterocycles. The number of benzene rings is 1. The minimum absolute atomic E-state index is 0.0994. The van der Waals surface area contributed by atoms with Crippen LogP contribution in [-0.2, 0) is 9.59 Å². The maximum Gasteiger partial charge on any atom is 0.329 e. The molecule has 1 saturated carbocycles. The van der Waals surface area contributed by atoms with Gasteiger partial charge < -0.3 is 15.7 Å². The van der Waals surface area contributed by atoms with E-state index in [1.807, 2.05) is 0 Å². The molecule has 128 valence electrons. The van der Waals surface area contributed by atoms with Crippen LogP contribution in [0.5, 0.6) is 0 Å². The van der Waals surface area contributed by atoms with E-state index in [1.165, 1.54) is 25.1 Å². The Balaban J connectivity index is 1.93. The van der Waals surface area contributed by atoms with Crippen molar-refractivity contribution in [2.24, 2.45) is 0 Å². The van der Waals surface area contributed by atoms with Gasteiger partial charge in [0.05, 0.1) is 11.5 Å². The van der Waals surface area contributed by atoms with E-state index in [9.17, 15) is 24.5 Å². The van der Waals surface area contributed by atoms with Crippen molar-refractivity contribution < 1.29 is 24.4 Å². The van der Waals surface area contributed by atoms with Gasteiger partial charge in [-0.1, -0.05) is 0 Å². The first kappa shape index (κ1) is 17.4. The minimum atomic E-state index is -1.23. The number of aliphatic carboxylic acids is 1. The average molecular weight is 335 g/mol. The summed E-state index contributed by atoms with van der Waals surface area (Å²) in [5, 5.41) is 24.7. The van der Waals surface area contributed by atoms with Crippen LogP contribution in [0.2, 0.25) is 0 Å². The molecule has 2 amide bonds. The van der Waals surface area contributed by atoms with Crippen LogP contribution in [0.4, 0.5) is 5.69 Å². The Morgan fingerprint density at radius 1 is 1.33 bits per heavy atom. The van der Waals surface area contributed by atoms with Crippen LogP contribution >= 0.6 is 0 Å². The summed E-state index contributed by atoms with van der Waals surface area (Å²) in [6, 6.07) is 3.87. The number of aryl methyl sites for hydroxylation is 1. The SMILES string of the molecule is Cc1cc(C(=O)NCC(=O)NC2(C(=O)O)CCC2)ccc1[N+](=O)[O-]. The second-order valence-corrected chi connectivity index (χ2v) is 5.73. The molecule has 0 saturated heterocycles. The van der Waals surface area contributed by atoms with E-state index < -0.39 is 28.2 Å². The summed E-state index contributed by atoms with van der Waals surface area (Å²) < 4.78 is 0. The Hall–Kier alpha value is -2.97. The summed E-state index contributed by atoms with van der Waals surface area (Å²) in [5.74, 6) is -2.25. The normalized spacial score (nSPS) is 15.0. The van der Waals surface area contributed by atoms with Crippen molar-refractivity contribution in [3.05, 3.63) is 39.4 Å². The van der Waals surface area contributed by atoms with E-state index >= 15 is 0 Å². The Morgan fingerprint density at radius 2 is 2.00 bits per heavy atom. The highest BCUT2D eigenvalue weighted by molar-refractivity contribution is 5.97. The highest BCUT2D eigenvalue weighted by Gasteiger charge is 2.45. The Morgan fingerprint density at radius 3 is 2.46 bits per heavy atom. The lowest BCUT2D eigenvalue weighted by molar-refractivity contribution is -0.385. The molecule has 3 N–H and O–H groups in total. The first-order valence-electron chi connectivity index (χ1n) is 7.33. The molecule has 1 aromatic carbocycles. The van der Waals surface area contributed by atoms with Gasteiger partial charge >= 0.3 is 5.97 Å². The molecule has 1 aromatic rings. The molecule has 0 heterocycles. The summed E-state index contributed by atoms with van der Waals surface area (Å²) in [7, 11) is 0.